The van der Waals surface area contributed by atoms with Crippen molar-refractivity contribution in [1.29, 1.82) is 0 Å². The molecule has 0 aromatic carbocycles. The van der Waals surface area contributed by atoms with Gasteiger partial charge in [-0.1, -0.05) is 33.1 Å². The van der Waals surface area contributed by atoms with E-state index in [0.717, 1.165) is 25.9 Å². The summed E-state index contributed by atoms with van der Waals surface area (Å²) < 4.78 is 0. The van der Waals surface area contributed by atoms with E-state index in [4.69, 9.17) is 5.11 Å². The first-order valence-electron chi connectivity index (χ1n) is 7.28. The fourth-order valence-electron chi connectivity index (χ4n) is 2.34. The van der Waals surface area contributed by atoms with E-state index in [1.165, 1.54) is 19.3 Å². The Bertz CT molecular complexity index is 297. The molecule has 1 fully saturated rings. The average molecular weight is 270 g/mol. The first-order valence-corrected chi connectivity index (χ1v) is 7.28. The van der Waals surface area contributed by atoms with Crippen molar-refractivity contribution in [1.82, 2.24) is 10.2 Å². The van der Waals surface area contributed by atoms with Gasteiger partial charge in [0, 0.05) is 19.1 Å². The number of nitrogens with one attached hydrogen (secondary N) is 1. The molecule has 0 spiro atoms. The predicted molar refractivity (Wildman–Crippen MR) is 74.1 cm³/mol. The number of carboxylic acid groups (broad SMARTS) is 1. The van der Waals surface area contributed by atoms with Gasteiger partial charge in [0.2, 0.25) is 0 Å². The highest BCUT2D eigenvalue weighted by molar-refractivity contribution is 5.76. The number of carbonyl (C=O) groups is 2. The minimum Gasteiger partial charge on any atom is -0.481 e. The van der Waals surface area contributed by atoms with Crippen molar-refractivity contribution in [2.75, 3.05) is 13.1 Å². The van der Waals surface area contributed by atoms with E-state index in [1.807, 2.05) is 18.7 Å². The molecule has 1 aliphatic rings. The van der Waals surface area contributed by atoms with E-state index >= 15 is 0 Å². The molecule has 5 nitrogen and oxygen atoms in total. The molecule has 0 radical (unpaired) electrons. The molecule has 5 heteroatoms. The number of likely N-dealkylation sites (tertiary alicyclic amines) is 1. The highest BCUT2D eigenvalue weighted by Crippen LogP contribution is 2.12. The number of aliphatic carboxylic acids is 1. The predicted octanol–water partition coefficient (Wildman–Crippen LogP) is 2.46. The Kier molecular flexibility index (Phi) is 6.67. The van der Waals surface area contributed by atoms with Gasteiger partial charge in [-0.3, -0.25) is 4.79 Å². The summed E-state index contributed by atoms with van der Waals surface area (Å²) in [5.41, 5.74) is 0. The second kappa shape index (κ2) is 8.02. The maximum Gasteiger partial charge on any atom is 0.317 e. The summed E-state index contributed by atoms with van der Waals surface area (Å²) in [7, 11) is 0. The van der Waals surface area contributed by atoms with Crippen LogP contribution in [0.3, 0.4) is 0 Å². The van der Waals surface area contributed by atoms with Crippen molar-refractivity contribution in [3.8, 4) is 0 Å². The molecular weight excluding hydrogens is 244 g/mol. The lowest BCUT2D eigenvalue weighted by molar-refractivity contribution is -0.137. The molecule has 110 valence electrons. The third-order valence-corrected chi connectivity index (χ3v) is 3.65. The van der Waals surface area contributed by atoms with Gasteiger partial charge in [-0.25, -0.2) is 4.79 Å². The summed E-state index contributed by atoms with van der Waals surface area (Å²) >= 11 is 0. The van der Waals surface area contributed by atoms with Gasteiger partial charge in [0.1, 0.15) is 0 Å². The lowest BCUT2D eigenvalue weighted by Crippen LogP contribution is -2.48. The Morgan fingerprint density at radius 3 is 2.11 bits per heavy atom. The third kappa shape index (κ3) is 5.94. The summed E-state index contributed by atoms with van der Waals surface area (Å²) in [5, 5.41) is 11.7. The van der Waals surface area contributed by atoms with Crippen LogP contribution in [0.25, 0.3) is 0 Å². The summed E-state index contributed by atoms with van der Waals surface area (Å²) in [6.07, 6.45) is 5.66. The molecule has 0 bridgehead atoms. The molecular formula is C14H26N2O3. The number of carbonyl (C=O) groups excluding carboxylic acids is 1. The topological polar surface area (TPSA) is 69.6 Å². The highest BCUT2D eigenvalue weighted by Gasteiger charge is 2.22. The fraction of sp³-hybridized carbons (Fsp3) is 0.857. The van der Waals surface area contributed by atoms with E-state index in [9.17, 15) is 9.59 Å². The van der Waals surface area contributed by atoms with Gasteiger partial charge in [0.05, 0.1) is 6.42 Å². The van der Waals surface area contributed by atoms with Crippen molar-refractivity contribution in [2.24, 2.45) is 5.92 Å². The molecule has 0 aromatic heterocycles. The average Bonchev–Trinajstić information content (AvgIpc) is 2.26. The summed E-state index contributed by atoms with van der Waals surface area (Å²) in [5.74, 6) is -0.749. The number of rotatable bonds is 4. The smallest absolute Gasteiger partial charge is 0.317 e. The molecule has 19 heavy (non-hydrogen) atoms. The zero-order valence-corrected chi connectivity index (χ0v) is 12.0. The van der Waals surface area contributed by atoms with Crippen molar-refractivity contribution < 1.29 is 14.7 Å². The van der Waals surface area contributed by atoms with Crippen LogP contribution in [-0.4, -0.2) is 41.1 Å². The molecule has 1 aliphatic heterocycles. The quantitative estimate of drug-likeness (QED) is 0.824. The van der Waals surface area contributed by atoms with E-state index < -0.39 is 5.97 Å². The molecule has 1 heterocycles. The molecule has 2 N–H and O–H groups in total. The summed E-state index contributed by atoms with van der Waals surface area (Å²) in [6.45, 7) is 5.43. The molecule has 1 atom stereocenters. The second-order valence-corrected chi connectivity index (χ2v) is 5.65. The standard InChI is InChI=1S/C14H26N2O3/c1-11(2)12(10-13(17)18)15-14(19)16-8-6-4-3-5-7-9-16/h11-12H,3-10H2,1-2H3,(H,15,19)(H,17,18). The Morgan fingerprint density at radius 1 is 1.11 bits per heavy atom. The molecule has 0 aliphatic carbocycles. The highest BCUT2D eigenvalue weighted by atomic mass is 16.4. The van der Waals surface area contributed by atoms with E-state index in [0.29, 0.717) is 0 Å². The summed E-state index contributed by atoms with van der Waals surface area (Å²) in [4.78, 5) is 24.8. The number of nitrogens with zero attached hydrogens (tertiary/aromatic N) is 1. The first-order chi connectivity index (χ1) is 9.00. The normalized spacial score (nSPS) is 18.6. The minimum absolute atomic E-state index is 0.0166. The van der Waals surface area contributed by atoms with Crippen LogP contribution in [0.1, 0.15) is 52.4 Å². The Labute approximate surface area is 115 Å². The van der Waals surface area contributed by atoms with Crippen molar-refractivity contribution in [3.05, 3.63) is 0 Å². The number of urea groups is 1. The van der Waals surface area contributed by atoms with Gasteiger partial charge in [0.15, 0.2) is 0 Å². The van der Waals surface area contributed by atoms with Crippen LogP contribution in [0.4, 0.5) is 4.79 Å². The van der Waals surface area contributed by atoms with Crippen LogP contribution in [-0.2, 0) is 4.79 Å². The SMILES string of the molecule is CC(C)C(CC(=O)O)NC(=O)N1CCCCCCC1. The lowest BCUT2D eigenvalue weighted by atomic mass is 10.0. The first kappa shape index (κ1) is 15.8. The van der Waals surface area contributed by atoms with Crippen LogP contribution in [0, 0.1) is 5.92 Å². The van der Waals surface area contributed by atoms with Gasteiger partial charge in [-0.15, -0.1) is 0 Å². The van der Waals surface area contributed by atoms with Crippen molar-refractivity contribution in [2.45, 2.75) is 58.4 Å². The Hall–Kier alpha value is -1.26. The molecule has 0 aromatic rings. The third-order valence-electron chi connectivity index (χ3n) is 3.65. The van der Waals surface area contributed by atoms with Gasteiger partial charge in [-0.05, 0) is 18.8 Å². The van der Waals surface area contributed by atoms with Gasteiger partial charge in [0.25, 0.3) is 0 Å². The van der Waals surface area contributed by atoms with E-state index in [2.05, 4.69) is 5.32 Å². The molecule has 1 rings (SSSR count). The number of hydrogen-bond acceptors (Lipinski definition) is 2. The van der Waals surface area contributed by atoms with Crippen molar-refractivity contribution >= 4 is 12.0 Å². The van der Waals surface area contributed by atoms with Gasteiger partial charge < -0.3 is 15.3 Å². The maximum absolute atomic E-state index is 12.2. The summed E-state index contributed by atoms with van der Waals surface area (Å²) in [6, 6.07) is -0.405. The molecule has 0 saturated carbocycles. The zero-order valence-electron chi connectivity index (χ0n) is 12.0. The van der Waals surface area contributed by atoms with Gasteiger partial charge >= 0.3 is 12.0 Å². The van der Waals surface area contributed by atoms with E-state index in [-0.39, 0.29) is 24.4 Å². The van der Waals surface area contributed by atoms with Gasteiger partial charge in [-0.2, -0.15) is 0 Å². The van der Waals surface area contributed by atoms with Crippen LogP contribution in [0.15, 0.2) is 0 Å². The van der Waals surface area contributed by atoms with Crippen LogP contribution < -0.4 is 5.32 Å². The fourth-order valence-corrected chi connectivity index (χ4v) is 2.34. The molecule has 1 saturated heterocycles. The van der Waals surface area contributed by atoms with Crippen LogP contribution in [0.5, 0.6) is 0 Å². The number of hydrogen-bond donors (Lipinski definition) is 2. The monoisotopic (exact) mass is 270 g/mol. The molecule has 2 amide bonds. The minimum atomic E-state index is -0.869. The van der Waals surface area contributed by atoms with Crippen LogP contribution >= 0.6 is 0 Å². The number of carboxylic acids is 1. The Morgan fingerprint density at radius 2 is 1.63 bits per heavy atom. The van der Waals surface area contributed by atoms with E-state index in [1.54, 1.807) is 0 Å². The second-order valence-electron chi connectivity index (χ2n) is 5.65. The number of amides is 2. The molecule has 1 unspecified atom stereocenters. The van der Waals surface area contributed by atoms with Crippen molar-refractivity contribution in [3.63, 3.8) is 0 Å². The largest absolute Gasteiger partial charge is 0.481 e. The zero-order chi connectivity index (χ0) is 14.3. The maximum atomic E-state index is 12.2. The lowest BCUT2D eigenvalue weighted by Gasteiger charge is -2.28. The Balaban J connectivity index is 2.51. The van der Waals surface area contributed by atoms with Crippen LogP contribution in [0.2, 0.25) is 0 Å².